The summed E-state index contributed by atoms with van der Waals surface area (Å²) in [5.41, 5.74) is 5.78. The van der Waals surface area contributed by atoms with E-state index in [1.807, 2.05) is 0 Å². The average Bonchev–Trinajstić information content (AvgIpc) is 2.94. The molecule has 6 heteroatoms. The number of amides is 1. The van der Waals surface area contributed by atoms with E-state index in [4.69, 9.17) is 15.5 Å². The van der Waals surface area contributed by atoms with Crippen LogP contribution >= 0.6 is 0 Å². The highest BCUT2D eigenvalue weighted by molar-refractivity contribution is 5.81. The normalized spacial score (nSPS) is 36.5. The van der Waals surface area contributed by atoms with Gasteiger partial charge in [0.25, 0.3) is 0 Å². The molecule has 0 aromatic carbocycles. The number of rotatable bonds is 4. The van der Waals surface area contributed by atoms with Gasteiger partial charge in [0.2, 0.25) is 5.91 Å². The van der Waals surface area contributed by atoms with Gasteiger partial charge < -0.3 is 20.7 Å². The summed E-state index contributed by atoms with van der Waals surface area (Å²) in [6.45, 7) is 5.70. The number of ether oxygens (including phenoxy) is 1. The van der Waals surface area contributed by atoms with Crippen LogP contribution in [0.1, 0.15) is 51.9 Å². The Kier molecular flexibility index (Phi) is 4.65. The molecule has 25 heavy (non-hydrogen) atoms. The van der Waals surface area contributed by atoms with Crippen LogP contribution in [0.4, 0.5) is 0 Å². The Hall–Kier alpha value is -1.30. The lowest BCUT2D eigenvalue weighted by Gasteiger charge is -2.63. The molecule has 6 nitrogen and oxygen atoms in total. The smallest absolute Gasteiger partial charge is 0.217 e. The van der Waals surface area contributed by atoms with E-state index >= 15 is 0 Å². The Bertz CT molecular complexity index is 546. The second-order valence-corrected chi connectivity index (χ2v) is 8.38. The van der Waals surface area contributed by atoms with Crippen molar-refractivity contribution in [2.24, 2.45) is 28.0 Å². The molecule has 1 spiro atoms. The van der Waals surface area contributed by atoms with Gasteiger partial charge in [0, 0.05) is 50.0 Å². The highest BCUT2D eigenvalue weighted by Gasteiger charge is 2.66. The van der Waals surface area contributed by atoms with Crippen LogP contribution in [0.5, 0.6) is 0 Å². The fourth-order valence-corrected chi connectivity index (χ4v) is 5.69. The Balaban J connectivity index is 1.45. The largest absolute Gasteiger partial charge is 0.377 e. The summed E-state index contributed by atoms with van der Waals surface area (Å²) in [5.74, 6) is 1.86. The van der Waals surface area contributed by atoms with Crippen LogP contribution in [0.2, 0.25) is 0 Å². The SMILES string of the molecule is CCN=C(NC1C2CCOC2C12CCC2)N1CCCC(CC(N)=O)C1. The number of piperidine rings is 1. The molecule has 0 bridgehead atoms. The molecule has 0 aromatic rings. The lowest BCUT2D eigenvalue weighted by atomic mass is 9.46. The summed E-state index contributed by atoms with van der Waals surface area (Å²) in [7, 11) is 0. The van der Waals surface area contributed by atoms with Gasteiger partial charge in [-0.15, -0.1) is 0 Å². The van der Waals surface area contributed by atoms with E-state index in [1.54, 1.807) is 0 Å². The quantitative estimate of drug-likeness (QED) is 0.596. The first-order valence-electron chi connectivity index (χ1n) is 10.1. The van der Waals surface area contributed by atoms with Crippen LogP contribution in [0.25, 0.3) is 0 Å². The predicted octanol–water partition coefficient (Wildman–Crippen LogP) is 1.50. The van der Waals surface area contributed by atoms with E-state index in [2.05, 4.69) is 17.1 Å². The minimum Gasteiger partial charge on any atom is -0.377 e. The first kappa shape index (κ1) is 17.1. The summed E-state index contributed by atoms with van der Waals surface area (Å²) < 4.78 is 6.04. The van der Waals surface area contributed by atoms with Crippen molar-refractivity contribution in [3.63, 3.8) is 0 Å². The zero-order chi connectivity index (χ0) is 17.4. The summed E-state index contributed by atoms with van der Waals surface area (Å²) in [6, 6.07) is 0.510. The molecule has 3 N–H and O–H groups in total. The molecule has 0 radical (unpaired) electrons. The maximum absolute atomic E-state index is 11.3. The zero-order valence-corrected chi connectivity index (χ0v) is 15.4. The Morgan fingerprint density at radius 1 is 1.36 bits per heavy atom. The number of nitrogens with one attached hydrogen (secondary N) is 1. The molecule has 2 aliphatic heterocycles. The van der Waals surface area contributed by atoms with Gasteiger partial charge in [-0.05, 0) is 44.9 Å². The van der Waals surface area contributed by atoms with Gasteiger partial charge in [0.05, 0.1) is 6.10 Å². The highest BCUT2D eigenvalue weighted by atomic mass is 16.5. The van der Waals surface area contributed by atoms with Crippen LogP contribution in [0, 0.1) is 17.3 Å². The van der Waals surface area contributed by atoms with Crippen molar-refractivity contribution in [3.05, 3.63) is 0 Å². The highest BCUT2D eigenvalue weighted by Crippen LogP contribution is 2.62. The average molecular weight is 348 g/mol. The van der Waals surface area contributed by atoms with Crippen molar-refractivity contribution in [1.82, 2.24) is 10.2 Å². The fourth-order valence-electron chi connectivity index (χ4n) is 5.69. The van der Waals surface area contributed by atoms with Crippen LogP contribution in [0.15, 0.2) is 4.99 Å². The van der Waals surface area contributed by atoms with Gasteiger partial charge >= 0.3 is 0 Å². The van der Waals surface area contributed by atoms with Crippen molar-refractivity contribution in [2.75, 3.05) is 26.2 Å². The van der Waals surface area contributed by atoms with Gasteiger partial charge in [-0.2, -0.15) is 0 Å². The number of fused-ring (bicyclic) bond motifs is 2. The number of primary amides is 1. The van der Waals surface area contributed by atoms with Gasteiger partial charge in [0.1, 0.15) is 0 Å². The van der Waals surface area contributed by atoms with Crippen LogP contribution < -0.4 is 11.1 Å². The third-order valence-electron chi connectivity index (χ3n) is 6.94. The molecule has 4 rings (SSSR count). The topological polar surface area (TPSA) is 80.0 Å². The van der Waals surface area contributed by atoms with Gasteiger partial charge in [-0.1, -0.05) is 6.42 Å². The zero-order valence-electron chi connectivity index (χ0n) is 15.4. The Morgan fingerprint density at radius 2 is 2.20 bits per heavy atom. The number of hydrogen-bond donors (Lipinski definition) is 2. The Morgan fingerprint density at radius 3 is 2.88 bits per heavy atom. The Labute approximate surface area is 150 Å². The predicted molar refractivity (Wildman–Crippen MR) is 97.1 cm³/mol. The molecule has 2 saturated heterocycles. The van der Waals surface area contributed by atoms with Gasteiger partial charge in [-0.3, -0.25) is 9.79 Å². The summed E-state index contributed by atoms with van der Waals surface area (Å²) in [4.78, 5) is 18.5. The molecular formula is C19H32N4O2. The summed E-state index contributed by atoms with van der Waals surface area (Å²) >= 11 is 0. The molecule has 1 amide bonds. The number of hydrogen-bond acceptors (Lipinski definition) is 3. The lowest BCUT2D eigenvalue weighted by molar-refractivity contribution is -0.171. The monoisotopic (exact) mass is 348 g/mol. The van der Waals surface area contributed by atoms with Crippen molar-refractivity contribution < 1.29 is 9.53 Å². The van der Waals surface area contributed by atoms with Gasteiger partial charge in [0.15, 0.2) is 5.96 Å². The molecule has 4 fully saturated rings. The summed E-state index contributed by atoms with van der Waals surface area (Å²) in [5, 5.41) is 3.84. The van der Waals surface area contributed by atoms with E-state index in [0.717, 1.165) is 45.0 Å². The number of carbonyl (C=O) groups is 1. The minimum absolute atomic E-state index is 0.188. The van der Waals surface area contributed by atoms with Crippen LogP contribution in [-0.2, 0) is 9.53 Å². The van der Waals surface area contributed by atoms with Gasteiger partial charge in [-0.25, -0.2) is 0 Å². The number of aliphatic imine (C=N–C) groups is 1. The molecule has 4 atom stereocenters. The third kappa shape index (κ3) is 2.92. The maximum atomic E-state index is 11.3. The van der Waals surface area contributed by atoms with E-state index in [0.29, 0.717) is 35.8 Å². The van der Waals surface area contributed by atoms with Crippen molar-refractivity contribution in [2.45, 2.75) is 64.0 Å². The number of likely N-dealkylation sites (tertiary alicyclic amines) is 1. The molecule has 0 aromatic heterocycles. The molecule has 2 heterocycles. The molecule has 2 saturated carbocycles. The third-order valence-corrected chi connectivity index (χ3v) is 6.94. The molecule has 4 unspecified atom stereocenters. The molecule has 140 valence electrons. The maximum Gasteiger partial charge on any atom is 0.217 e. The fraction of sp³-hybridized carbons (Fsp3) is 0.895. The van der Waals surface area contributed by atoms with Crippen molar-refractivity contribution >= 4 is 11.9 Å². The second-order valence-electron chi connectivity index (χ2n) is 8.38. The molecule has 2 aliphatic carbocycles. The number of guanidine groups is 1. The standard InChI is InChI=1S/C19H32N4O2/c1-2-21-18(23-9-3-5-13(12-23)11-15(20)24)22-16-14-6-10-25-17(14)19(16)7-4-8-19/h13-14,16-17H,2-12H2,1H3,(H2,20,24)(H,21,22). The molecular weight excluding hydrogens is 316 g/mol. The lowest BCUT2D eigenvalue weighted by Crippen LogP contribution is -2.72. The van der Waals surface area contributed by atoms with Crippen LogP contribution in [-0.4, -0.2) is 55.2 Å². The summed E-state index contributed by atoms with van der Waals surface area (Å²) in [6.07, 6.45) is 8.24. The first-order valence-corrected chi connectivity index (χ1v) is 10.1. The van der Waals surface area contributed by atoms with E-state index in [-0.39, 0.29) is 5.91 Å². The second kappa shape index (κ2) is 6.78. The van der Waals surface area contributed by atoms with E-state index in [9.17, 15) is 4.79 Å². The number of nitrogens with zero attached hydrogens (tertiary/aromatic N) is 2. The van der Waals surface area contributed by atoms with Crippen molar-refractivity contribution in [3.8, 4) is 0 Å². The van der Waals surface area contributed by atoms with E-state index in [1.165, 1.54) is 25.7 Å². The number of carbonyl (C=O) groups excluding carboxylic acids is 1. The molecule has 4 aliphatic rings. The van der Waals surface area contributed by atoms with Crippen LogP contribution in [0.3, 0.4) is 0 Å². The first-order chi connectivity index (χ1) is 12.1. The van der Waals surface area contributed by atoms with Crippen molar-refractivity contribution in [1.29, 1.82) is 0 Å². The number of nitrogens with two attached hydrogens (primary N) is 1. The van der Waals surface area contributed by atoms with E-state index < -0.39 is 0 Å². The minimum atomic E-state index is -0.188.